The molecule has 1 heteroatoms. The van der Waals surface area contributed by atoms with Crippen LogP contribution in [0.1, 0.15) is 59.3 Å². The third-order valence-electron chi connectivity index (χ3n) is 2.52. The van der Waals surface area contributed by atoms with Crippen molar-refractivity contribution < 1.29 is 4.79 Å². The third kappa shape index (κ3) is 5.65. The van der Waals surface area contributed by atoms with E-state index >= 15 is 0 Å². The van der Waals surface area contributed by atoms with E-state index in [1.165, 1.54) is 12.8 Å². The van der Waals surface area contributed by atoms with Crippen LogP contribution in [0, 0.1) is 5.92 Å². The van der Waals surface area contributed by atoms with Crippen LogP contribution in [-0.2, 0) is 4.79 Å². The monoisotopic (exact) mass is 182 g/mol. The molecular formula is C12H22O. The fourth-order valence-corrected chi connectivity index (χ4v) is 1.45. The lowest BCUT2D eigenvalue weighted by molar-refractivity contribution is 0.530. The second-order valence-corrected chi connectivity index (χ2v) is 3.77. The summed E-state index contributed by atoms with van der Waals surface area (Å²) in [4.78, 5) is 10.7. The highest BCUT2D eigenvalue weighted by atomic mass is 16.1. The van der Waals surface area contributed by atoms with Gasteiger partial charge in [0.25, 0.3) is 0 Å². The molecule has 0 N–H and O–H groups in total. The van der Waals surface area contributed by atoms with Crippen LogP contribution in [0.5, 0.6) is 0 Å². The normalized spacial score (nSPS) is 12.2. The second kappa shape index (κ2) is 8.07. The molecule has 1 nitrogen and oxygen atoms in total. The summed E-state index contributed by atoms with van der Waals surface area (Å²) in [6.07, 6.45) is 6.81. The highest BCUT2D eigenvalue weighted by molar-refractivity contribution is 5.53. The molecule has 0 aliphatic rings. The first kappa shape index (κ1) is 12.4. The molecule has 0 spiro atoms. The van der Waals surface area contributed by atoms with E-state index in [4.69, 9.17) is 0 Å². The number of allylic oxidation sites excluding steroid dienone is 1. The first-order valence-corrected chi connectivity index (χ1v) is 5.50. The van der Waals surface area contributed by atoms with E-state index in [0.29, 0.717) is 5.92 Å². The minimum Gasteiger partial charge on any atom is -0.234 e. The lowest BCUT2D eigenvalue weighted by Crippen LogP contribution is -2.00. The molecule has 0 aromatic heterocycles. The first-order valence-electron chi connectivity index (χ1n) is 5.50. The lowest BCUT2D eigenvalue weighted by Gasteiger charge is -2.11. The maximum Gasteiger partial charge on any atom is 0.123 e. The molecule has 0 aromatic rings. The Morgan fingerprint density at radius 1 is 1.23 bits per heavy atom. The maximum absolute atomic E-state index is 10.7. The van der Waals surface area contributed by atoms with Crippen LogP contribution in [0.4, 0.5) is 0 Å². The Labute approximate surface area is 82.2 Å². The zero-order valence-electron chi connectivity index (χ0n) is 9.23. The summed E-state index contributed by atoms with van der Waals surface area (Å²) >= 11 is 0. The zero-order valence-corrected chi connectivity index (χ0v) is 9.23. The van der Waals surface area contributed by atoms with Gasteiger partial charge in [-0.05, 0) is 25.2 Å². The molecule has 0 aromatic carbocycles. The average molecular weight is 182 g/mol. The van der Waals surface area contributed by atoms with Crippen LogP contribution in [0.2, 0.25) is 0 Å². The molecule has 0 fully saturated rings. The Bertz CT molecular complexity index is 166. The van der Waals surface area contributed by atoms with Crippen molar-refractivity contribution in [3.63, 3.8) is 0 Å². The van der Waals surface area contributed by atoms with Crippen LogP contribution in [0.15, 0.2) is 5.57 Å². The van der Waals surface area contributed by atoms with Gasteiger partial charge in [0.15, 0.2) is 0 Å². The average Bonchev–Trinajstić information content (AvgIpc) is 2.16. The standard InChI is InChI=1S/C12H22O/c1-4-6-8-11(3)12(10-13)9-7-5-2/h11H,4-9H2,1-3H3. The predicted molar refractivity (Wildman–Crippen MR) is 57.4 cm³/mol. The highest BCUT2D eigenvalue weighted by Gasteiger charge is 2.08. The van der Waals surface area contributed by atoms with Crippen LogP contribution < -0.4 is 0 Å². The summed E-state index contributed by atoms with van der Waals surface area (Å²) in [6, 6.07) is 0. The molecule has 1 unspecified atom stereocenters. The first-order chi connectivity index (χ1) is 6.26. The second-order valence-electron chi connectivity index (χ2n) is 3.77. The number of unbranched alkanes of at least 4 members (excludes halogenated alkanes) is 2. The molecular weight excluding hydrogens is 160 g/mol. The molecule has 0 heterocycles. The van der Waals surface area contributed by atoms with Crippen molar-refractivity contribution in [1.29, 1.82) is 0 Å². The number of hydrogen-bond donors (Lipinski definition) is 0. The Hall–Kier alpha value is -0.550. The third-order valence-corrected chi connectivity index (χ3v) is 2.52. The quantitative estimate of drug-likeness (QED) is 0.548. The van der Waals surface area contributed by atoms with Crippen molar-refractivity contribution in [3.8, 4) is 0 Å². The van der Waals surface area contributed by atoms with Crippen molar-refractivity contribution in [2.24, 2.45) is 5.92 Å². The molecule has 0 bridgehead atoms. The van der Waals surface area contributed by atoms with Crippen molar-refractivity contribution in [3.05, 3.63) is 5.57 Å². The Balaban J connectivity index is 3.86. The van der Waals surface area contributed by atoms with Gasteiger partial charge in [0, 0.05) is 5.57 Å². The molecule has 0 amide bonds. The van der Waals surface area contributed by atoms with Gasteiger partial charge in [-0.25, -0.2) is 4.79 Å². The van der Waals surface area contributed by atoms with E-state index < -0.39 is 0 Å². The Morgan fingerprint density at radius 2 is 1.85 bits per heavy atom. The molecule has 13 heavy (non-hydrogen) atoms. The van der Waals surface area contributed by atoms with Crippen molar-refractivity contribution in [1.82, 2.24) is 0 Å². The summed E-state index contributed by atoms with van der Waals surface area (Å²) in [7, 11) is 0. The van der Waals surface area contributed by atoms with Crippen LogP contribution in [0.25, 0.3) is 0 Å². The van der Waals surface area contributed by atoms with Crippen molar-refractivity contribution in [2.45, 2.75) is 59.3 Å². The zero-order chi connectivity index (χ0) is 10.1. The van der Waals surface area contributed by atoms with Gasteiger partial charge in [-0.1, -0.05) is 40.0 Å². The summed E-state index contributed by atoms with van der Waals surface area (Å²) in [6.45, 7) is 6.48. The fourth-order valence-electron chi connectivity index (χ4n) is 1.45. The van der Waals surface area contributed by atoms with E-state index in [9.17, 15) is 4.79 Å². The predicted octanol–water partition coefficient (Wildman–Crippen LogP) is 3.76. The van der Waals surface area contributed by atoms with E-state index in [1.807, 2.05) is 0 Å². The van der Waals surface area contributed by atoms with Gasteiger partial charge in [-0.2, -0.15) is 0 Å². The van der Waals surface area contributed by atoms with Gasteiger partial charge in [0.05, 0.1) is 0 Å². The molecule has 1 atom stereocenters. The van der Waals surface area contributed by atoms with Crippen molar-refractivity contribution in [2.75, 3.05) is 0 Å². The molecule has 0 radical (unpaired) electrons. The van der Waals surface area contributed by atoms with E-state index in [2.05, 4.69) is 26.7 Å². The van der Waals surface area contributed by atoms with Crippen molar-refractivity contribution >= 4 is 5.94 Å². The smallest absolute Gasteiger partial charge is 0.123 e. The molecule has 0 saturated carbocycles. The topological polar surface area (TPSA) is 17.1 Å². The minimum absolute atomic E-state index is 0.448. The van der Waals surface area contributed by atoms with Gasteiger partial charge in [0.2, 0.25) is 0 Å². The number of carbonyl (C=O) groups excluding carboxylic acids is 1. The van der Waals surface area contributed by atoms with Crippen LogP contribution in [-0.4, -0.2) is 5.94 Å². The van der Waals surface area contributed by atoms with E-state index in [1.54, 1.807) is 0 Å². The van der Waals surface area contributed by atoms with Gasteiger partial charge < -0.3 is 0 Å². The maximum atomic E-state index is 10.7. The molecule has 76 valence electrons. The molecule has 0 aliphatic carbocycles. The van der Waals surface area contributed by atoms with Gasteiger partial charge >= 0.3 is 0 Å². The van der Waals surface area contributed by atoms with E-state index in [0.717, 1.165) is 31.3 Å². The summed E-state index contributed by atoms with van der Waals surface area (Å²) in [5, 5.41) is 0. The Morgan fingerprint density at radius 3 is 2.31 bits per heavy atom. The minimum atomic E-state index is 0.448. The Kier molecular flexibility index (Phi) is 7.73. The fraction of sp³-hybridized carbons (Fsp3) is 0.833. The largest absolute Gasteiger partial charge is 0.234 e. The molecule has 0 aliphatic heterocycles. The van der Waals surface area contributed by atoms with Crippen LogP contribution in [0.3, 0.4) is 0 Å². The molecule has 0 rings (SSSR count). The van der Waals surface area contributed by atoms with E-state index in [-0.39, 0.29) is 0 Å². The number of rotatable bonds is 7. The highest BCUT2D eigenvalue weighted by Crippen LogP contribution is 2.19. The summed E-state index contributed by atoms with van der Waals surface area (Å²) in [5.41, 5.74) is 0.996. The van der Waals surface area contributed by atoms with Gasteiger partial charge in [-0.15, -0.1) is 0 Å². The summed E-state index contributed by atoms with van der Waals surface area (Å²) in [5.74, 6) is 2.56. The lowest BCUT2D eigenvalue weighted by atomic mass is 9.93. The van der Waals surface area contributed by atoms with Crippen LogP contribution >= 0.6 is 0 Å². The SMILES string of the molecule is CCCCC(=C=O)C(C)CCCC. The summed E-state index contributed by atoms with van der Waals surface area (Å²) < 4.78 is 0. The van der Waals surface area contributed by atoms with Gasteiger partial charge in [0.1, 0.15) is 5.94 Å². The molecule has 0 saturated heterocycles. The van der Waals surface area contributed by atoms with Gasteiger partial charge in [-0.3, -0.25) is 0 Å². The number of hydrogen-bond acceptors (Lipinski definition) is 1.